The Balaban J connectivity index is 2.04. The molecule has 0 saturated carbocycles. The standard InChI is InChI=1S/C15H25N3/c1-3-14(16)15-7-6-13(11-17-15)18-9-4-5-12(2)8-10-18/h6-7,11-12,14H,3-5,8-10,16H2,1-2H3/t12?,14-/m0/s1. The van der Waals surface area contributed by atoms with E-state index in [4.69, 9.17) is 5.73 Å². The van der Waals surface area contributed by atoms with E-state index in [0.717, 1.165) is 31.1 Å². The molecule has 2 N–H and O–H groups in total. The van der Waals surface area contributed by atoms with Crippen molar-refractivity contribution >= 4 is 5.69 Å². The van der Waals surface area contributed by atoms with Crippen LogP contribution in [0.5, 0.6) is 0 Å². The smallest absolute Gasteiger partial charge is 0.0572 e. The number of aromatic nitrogens is 1. The average Bonchev–Trinajstić information content (AvgIpc) is 2.63. The third-order valence-electron chi connectivity index (χ3n) is 3.97. The summed E-state index contributed by atoms with van der Waals surface area (Å²) in [4.78, 5) is 6.96. The number of nitrogens with two attached hydrogens (primary N) is 1. The molecule has 0 aliphatic carbocycles. The molecule has 1 unspecified atom stereocenters. The Morgan fingerprint density at radius 2 is 2.22 bits per heavy atom. The number of nitrogens with zero attached hydrogens (tertiary/aromatic N) is 2. The van der Waals surface area contributed by atoms with Crippen molar-refractivity contribution in [1.29, 1.82) is 0 Å². The molecule has 1 aromatic rings. The van der Waals surface area contributed by atoms with Crippen LogP contribution >= 0.6 is 0 Å². The van der Waals surface area contributed by atoms with Crippen LogP contribution in [0.1, 0.15) is 51.3 Å². The summed E-state index contributed by atoms with van der Waals surface area (Å²) in [6, 6.07) is 4.33. The molecule has 2 heterocycles. The van der Waals surface area contributed by atoms with Crippen LogP contribution in [0.4, 0.5) is 5.69 Å². The van der Waals surface area contributed by atoms with Gasteiger partial charge in [-0.1, -0.05) is 13.8 Å². The van der Waals surface area contributed by atoms with E-state index in [9.17, 15) is 0 Å². The Hall–Kier alpha value is -1.09. The molecule has 0 spiro atoms. The van der Waals surface area contributed by atoms with Gasteiger partial charge in [0.15, 0.2) is 0 Å². The molecule has 1 aromatic heterocycles. The van der Waals surface area contributed by atoms with Crippen LogP contribution in [0.15, 0.2) is 18.3 Å². The van der Waals surface area contributed by atoms with E-state index in [1.165, 1.54) is 24.9 Å². The molecule has 0 bridgehead atoms. The van der Waals surface area contributed by atoms with E-state index in [-0.39, 0.29) is 6.04 Å². The van der Waals surface area contributed by atoms with Crippen LogP contribution in [-0.2, 0) is 0 Å². The molecule has 3 heteroatoms. The summed E-state index contributed by atoms with van der Waals surface area (Å²) in [6.07, 6.45) is 6.85. The lowest BCUT2D eigenvalue weighted by atomic mass is 10.0. The van der Waals surface area contributed by atoms with E-state index in [0.29, 0.717) is 0 Å². The highest BCUT2D eigenvalue weighted by atomic mass is 15.1. The molecular weight excluding hydrogens is 222 g/mol. The molecule has 2 rings (SSSR count). The fraction of sp³-hybridized carbons (Fsp3) is 0.667. The Kier molecular flexibility index (Phi) is 4.59. The largest absolute Gasteiger partial charge is 0.370 e. The summed E-state index contributed by atoms with van der Waals surface area (Å²) in [5, 5.41) is 0. The van der Waals surface area contributed by atoms with Gasteiger partial charge in [0.1, 0.15) is 0 Å². The molecule has 18 heavy (non-hydrogen) atoms. The number of pyridine rings is 1. The van der Waals surface area contributed by atoms with Gasteiger partial charge in [0, 0.05) is 19.1 Å². The average molecular weight is 247 g/mol. The van der Waals surface area contributed by atoms with Crippen LogP contribution in [0.3, 0.4) is 0 Å². The summed E-state index contributed by atoms with van der Waals surface area (Å²) in [5.74, 6) is 0.857. The molecule has 1 aliphatic heterocycles. The lowest BCUT2D eigenvalue weighted by Crippen LogP contribution is -2.24. The van der Waals surface area contributed by atoms with Gasteiger partial charge in [0.25, 0.3) is 0 Å². The van der Waals surface area contributed by atoms with Gasteiger partial charge in [-0.2, -0.15) is 0 Å². The van der Waals surface area contributed by atoms with Gasteiger partial charge in [-0.05, 0) is 43.7 Å². The van der Waals surface area contributed by atoms with E-state index in [1.54, 1.807) is 0 Å². The monoisotopic (exact) mass is 247 g/mol. The Morgan fingerprint density at radius 3 is 2.89 bits per heavy atom. The van der Waals surface area contributed by atoms with Crippen LogP contribution in [0.25, 0.3) is 0 Å². The molecule has 1 fully saturated rings. The highest BCUT2D eigenvalue weighted by Gasteiger charge is 2.14. The fourth-order valence-corrected chi connectivity index (χ4v) is 2.53. The van der Waals surface area contributed by atoms with Crippen molar-refractivity contribution in [3.05, 3.63) is 24.0 Å². The molecule has 0 amide bonds. The van der Waals surface area contributed by atoms with Gasteiger partial charge in [-0.3, -0.25) is 4.98 Å². The van der Waals surface area contributed by atoms with Crippen LogP contribution in [0, 0.1) is 5.92 Å². The second kappa shape index (κ2) is 6.19. The second-order valence-corrected chi connectivity index (χ2v) is 5.48. The highest BCUT2D eigenvalue weighted by Crippen LogP contribution is 2.22. The minimum absolute atomic E-state index is 0.0724. The Labute approximate surface area is 110 Å². The molecular formula is C15H25N3. The van der Waals surface area contributed by atoms with Gasteiger partial charge in [0.05, 0.1) is 17.6 Å². The van der Waals surface area contributed by atoms with Crippen molar-refractivity contribution in [3.8, 4) is 0 Å². The predicted molar refractivity (Wildman–Crippen MR) is 76.7 cm³/mol. The summed E-state index contributed by atoms with van der Waals surface area (Å²) in [5.41, 5.74) is 8.24. The summed E-state index contributed by atoms with van der Waals surface area (Å²) in [6.45, 7) is 6.76. The maximum absolute atomic E-state index is 5.99. The quantitative estimate of drug-likeness (QED) is 0.892. The molecule has 1 aliphatic rings. The minimum Gasteiger partial charge on any atom is -0.370 e. The molecule has 3 nitrogen and oxygen atoms in total. The molecule has 0 aromatic carbocycles. The maximum atomic E-state index is 5.99. The first-order valence-corrected chi connectivity index (χ1v) is 7.17. The van der Waals surface area contributed by atoms with Gasteiger partial charge in [-0.25, -0.2) is 0 Å². The Bertz CT molecular complexity index is 361. The number of hydrogen-bond donors (Lipinski definition) is 1. The van der Waals surface area contributed by atoms with Crippen molar-refractivity contribution in [2.45, 2.75) is 45.6 Å². The van der Waals surface area contributed by atoms with Gasteiger partial charge >= 0.3 is 0 Å². The first kappa shape index (κ1) is 13.3. The number of rotatable bonds is 3. The van der Waals surface area contributed by atoms with Gasteiger partial charge in [-0.15, -0.1) is 0 Å². The summed E-state index contributed by atoms with van der Waals surface area (Å²) >= 11 is 0. The van der Waals surface area contributed by atoms with Crippen LogP contribution < -0.4 is 10.6 Å². The first-order valence-electron chi connectivity index (χ1n) is 7.17. The highest BCUT2D eigenvalue weighted by molar-refractivity contribution is 5.44. The summed E-state index contributed by atoms with van der Waals surface area (Å²) in [7, 11) is 0. The lowest BCUT2D eigenvalue weighted by Gasteiger charge is -2.22. The van der Waals surface area contributed by atoms with Crippen LogP contribution in [-0.4, -0.2) is 18.1 Å². The third kappa shape index (κ3) is 3.22. The van der Waals surface area contributed by atoms with Crippen molar-refractivity contribution in [2.24, 2.45) is 11.7 Å². The zero-order chi connectivity index (χ0) is 13.0. The maximum Gasteiger partial charge on any atom is 0.0572 e. The molecule has 100 valence electrons. The minimum atomic E-state index is 0.0724. The zero-order valence-electron chi connectivity index (χ0n) is 11.6. The second-order valence-electron chi connectivity index (χ2n) is 5.48. The van der Waals surface area contributed by atoms with E-state index in [1.807, 2.05) is 6.20 Å². The van der Waals surface area contributed by atoms with E-state index >= 15 is 0 Å². The van der Waals surface area contributed by atoms with Crippen molar-refractivity contribution in [2.75, 3.05) is 18.0 Å². The number of hydrogen-bond acceptors (Lipinski definition) is 3. The summed E-state index contributed by atoms with van der Waals surface area (Å²) < 4.78 is 0. The van der Waals surface area contributed by atoms with Crippen LogP contribution in [0.2, 0.25) is 0 Å². The topological polar surface area (TPSA) is 42.1 Å². The Morgan fingerprint density at radius 1 is 1.39 bits per heavy atom. The third-order valence-corrected chi connectivity index (χ3v) is 3.97. The van der Waals surface area contributed by atoms with Crippen molar-refractivity contribution in [1.82, 2.24) is 4.98 Å². The van der Waals surface area contributed by atoms with Crippen molar-refractivity contribution < 1.29 is 0 Å². The van der Waals surface area contributed by atoms with Gasteiger partial charge in [0.2, 0.25) is 0 Å². The zero-order valence-corrected chi connectivity index (χ0v) is 11.6. The van der Waals surface area contributed by atoms with Crippen molar-refractivity contribution in [3.63, 3.8) is 0 Å². The SMILES string of the molecule is CC[C@H](N)c1ccc(N2CCCC(C)CC2)cn1. The number of anilines is 1. The van der Waals surface area contributed by atoms with E-state index in [2.05, 4.69) is 35.9 Å². The molecule has 0 radical (unpaired) electrons. The fourth-order valence-electron chi connectivity index (χ4n) is 2.53. The molecule has 1 saturated heterocycles. The van der Waals surface area contributed by atoms with E-state index < -0.39 is 0 Å². The van der Waals surface area contributed by atoms with Gasteiger partial charge < -0.3 is 10.6 Å². The predicted octanol–water partition coefficient (Wildman–Crippen LogP) is 3.12. The lowest BCUT2D eigenvalue weighted by molar-refractivity contribution is 0.521. The normalized spacial score (nSPS) is 22.6. The first-order chi connectivity index (χ1) is 8.70. The molecule has 2 atom stereocenters.